The van der Waals surface area contributed by atoms with Crippen LogP contribution in [0.2, 0.25) is 0 Å². The summed E-state index contributed by atoms with van der Waals surface area (Å²) in [4.78, 5) is 11.8. The van der Waals surface area contributed by atoms with E-state index in [9.17, 15) is 18.0 Å². The minimum atomic E-state index is -4.29. The van der Waals surface area contributed by atoms with Gasteiger partial charge in [-0.1, -0.05) is 30.3 Å². The Morgan fingerprint density at radius 1 is 1.08 bits per heavy atom. The van der Waals surface area contributed by atoms with Crippen molar-refractivity contribution in [1.82, 2.24) is 10.6 Å². The van der Waals surface area contributed by atoms with Crippen LogP contribution in [-0.4, -0.2) is 29.9 Å². The highest BCUT2D eigenvalue weighted by Gasteiger charge is 2.48. The van der Waals surface area contributed by atoms with E-state index in [1.807, 2.05) is 30.3 Å². The van der Waals surface area contributed by atoms with E-state index < -0.39 is 17.8 Å². The van der Waals surface area contributed by atoms with Gasteiger partial charge in [0.05, 0.1) is 0 Å². The average molecular weight is 358 g/mol. The quantitative estimate of drug-likeness (QED) is 0.831. The van der Waals surface area contributed by atoms with Crippen LogP contribution in [-0.2, 0) is 11.3 Å². The summed E-state index contributed by atoms with van der Waals surface area (Å²) >= 11 is 0. The second kappa shape index (κ2) is 8.08. The molecule has 0 saturated heterocycles. The summed E-state index contributed by atoms with van der Waals surface area (Å²) in [7, 11) is 0. The lowest BCUT2D eigenvalue weighted by molar-refractivity contribution is -0.188. The minimum absolute atomic E-state index is 0.0599. The molecule has 0 radical (unpaired) electrons. The molecule has 1 aromatic rings. The molecule has 0 aromatic heterocycles. The molecule has 0 aliphatic heterocycles. The number of nitrogens with one attached hydrogen (secondary N) is 2. The third-order valence-corrected chi connectivity index (χ3v) is 4.54. The Morgan fingerprint density at radius 2 is 1.64 bits per heavy atom. The normalized spacial score (nSPS) is 21.6. The van der Waals surface area contributed by atoms with Crippen molar-refractivity contribution in [2.45, 2.75) is 69.9 Å². The van der Waals surface area contributed by atoms with E-state index in [2.05, 4.69) is 10.6 Å². The van der Waals surface area contributed by atoms with Crippen LogP contribution in [0.15, 0.2) is 30.3 Å². The molecule has 2 rings (SSSR count). The fraction of sp³-hybridized carbons (Fsp3) is 0.611. The van der Waals surface area contributed by atoms with Gasteiger partial charge in [-0.15, -0.1) is 0 Å². The zero-order valence-corrected chi connectivity index (χ0v) is 14.5. The van der Waals surface area contributed by atoms with Gasteiger partial charge in [-0.25, -0.2) is 4.79 Å². The van der Waals surface area contributed by atoms with E-state index in [-0.39, 0.29) is 18.7 Å². The Bertz CT molecular complexity index is 553. The zero-order valence-electron chi connectivity index (χ0n) is 14.5. The molecule has 1 amide bonds. The first-order valence-corrected chi connectivity index (χ1v) is 8.49. The predicted molar refractivity (Wildman–Crippen MR) is 89.1 cm³/mol. The molecule has 25 heavy (non-hydrogen) atoms. The Morgan fingerprint density at radius 3 is 2.20 bits per heavy atom. The van der Waals surface area contributed by atoms with Crippen LogP contribution in [0.5, 0.6) is 0 Å². The number of hydrogen-bond acceptors (Lipinski definition) is 3. The summed E-state index contributed by atoms with van der Waals surface area (Å²) in [5, 5.41) is 5.48. The summed E-state index contributed by atoms with van der Waals surface area (Å²) in [5.74, 6) is 0. The van der Waals surface area contributed by atoms with E-state index in [1.165, 1.54) is 0 Å². The fourth-order valence-corrected chi connectivity index (χ4v) is 2.91. The molecule has 1 saturated carbocycles. The SMILES string of the molecule is CC(C)(N[C@H]1CC[C@@H](NC(=O)OCc2ccccc2)CC1)C(F)(F)F. The Kier molecular flexibility index (Phi) is 6.32. The number of ether oxygens (including phenoxy) is 1. The molecule has 140 valence electrons. The molecule has 2 N–H and O–H groups in total. The van der Waals surface area contributed by atoms with E-state index in [4.69, 9.17) is 4.74 Å². The number of halogens is 3. The molecule has 0 spiro atoms. The standard InChI is InChI=1S/C18H25F3N2O2/c1-17(2,18(19,20)21)23-15-10-8-14(9-11-15)22-16(24)25-12-13-6-4-3-5-7-13/h3-7,14-15,23H,8-12H2,1-2H3,(H,22,24)/t14-,15+. The molecule has 0 unspecified atom stereocenters. The molecule has 1 aromatic carbocycles. The number of amides is 1. The van der Waals surface area contributed by atoms with E-state index in [0.29, 0.717) is 25.7 Å². The number of rotatable bonds is 5. The summed E-state index contributed by atoms with van der Waals surface area (Å²) < 4.78 is 43.9. The third-order valence-electron chi connectivity index (χ3n) is 4.54. The molecule has 4 nitrogen and oxygen atoms in total. The topological polar surface area (TPSA) is 50.4 Å². The van der Waals surface area contributed by atoms with Crippen molar-refractivity contribution >= 4 is 6.09 Å². The highest BCUT2D eigenvalue weighted by Crippen LogP contribution is 2.31. The maximum Gasteiger partial charge on any atom is 0.407 e. The lowest BCUT2D eigenvalue weighted by Gasteiger charge is -2.37. The molecule has 1 aliphatic carbocycles. The molecule has 7 heteroatoms. The number of carbonyl (C=O) groups excluding carboxylic acids is 1. The lowest BCUT2D eigenvalue weighted by atomic mass is 9.89. The van der Waals surface area contributed by atoms with E-state index in [0.717, 1.165) is 19.4 Å². The minimum Gasteiger partial charge on any atom is -0.445 e. The third kappa shape index (κ3) is 5.92. The Labute approximate surface area is 146 Å². The molecular formula is C18H25F3N2O2. The predicted octanol–water partition coefficient (Wildman–Crippen LogP) is 4.15. The van der Waals surface area contributed by atoms with Crippen molar-refractivity contribution < 1.29 is 22.7 Å². The fourth-order valence-electron chi connectivity index (χ4n) is 2.91. The first kappa shape index (κ1) is 19.6. The van der Waals surface area contributed by atoms with Crippen molar-refractivity contribution in [3.05, 3.63) is 35.9 Å². The van der Waals surface area contributed by atoms with Gasteiger partial charge in [0.2, 0.25) is 0 Å². The summed E-state index contributed by atoms with van der Waals surface area (Å²) in [6.45, 7) is 2.50. The molecule has 1 aliphatic rings. The average Bonchev–Trinajstić information content (AvgIpc) is 2.54. The van der Waals surface area contributed by atoms with Crippen molar-refractivity contribution in [2.24, 2.45) is 0 Å². The molecule has 0 atom stereocenters. The maximum atomic E-state index is 12.9. The first-order valence-electron chi connectivity index (χ1n) is 8.49. The highest BCUT2D eigenvalue weighted by molar-refractivity contribution is 5.67. The smallest absolute Gasteiger partial charge is 0.407 e. The maximum absolute atomic E-state index is 12.9. The van der Waals surface area contributed by atoms with Crippen LogP contribution in [0.4, 0.5) is 18.0 Å². The molecule has 0 heterocycles. The van der Waals surface area contributed by atoms with Crippen LogP contribution in [0, 0.1) is 0 Å². The van der Waals surface area contributed by atoms with Gasteiger partial charge in [-0.2, -0.15) is 13.2 Å². The van der Waals surface area contributed by atoms with E-state index >= 15 is 0 Å². The first-order chi connectivity index (χ1) is 11.7. The molecular weight excluding hydrogens is 333 g/mol. The van der Waals surface area contributed by atoms with Gasteiger partial charge < -0.3 is 15.4 Å². The summed E-state index contributed by atoms with van der Waals surface area (Å²) in [6, 6.07) is 9.10. The van der Waals surface area contributed by atoms with E-state index in [1.54, 1.807) is 0 Å². The van der Waals surface area contributed by atoms with Crippen LogP contribution < -0.4 is 10.6 Å². The zero-order chi connectivity index (χ0) is 18.5. The Balaban J connectivity index is 1.70. The van der Waals surface area contributed by atoms with Crippen LogP contribution in [0.3, 0.4) is 0 Å². The molecule has 1 fully saturated rings. The van der Waals surface area contributed by atoms with Gasteiger partial charge in [-0.3, -0.25) is 0 Å². The monoisotopic (exact) mass is 358 g/mol. The lowest BCUT2D eigenvalue weighted by Crippen LogP contribution is -2.57. The van der Waals surface area contributed by atoms with Crippen LogP contribution in [0.25, 0.3) is 0 Å². The number of carbonyl (C=O) groups is 1. The van der Waals surface area contributed by atoms with Gasteiger partial charge in [0.25, 0.3) is 0 Å². The van der Waals surface area contributed by atoms with Crippen LogP contribution >= 0.6 is 0 Å². The van der Waals surface area contributed by atoms with Gasteiger partial charge in [-0.05, 0) is 45.1 Å². The van der Waals surface area contributed by atoms with Gasteiger partial charge >= 0.3 is 12.3 Å². The number of alkyl halides is 3. The van der Waals surface area contributed by atoms with Crippen molar-refractivity contribution in [2.75, 3.05) is 0 Å². The number of alkyl carbamates (subject to hydrolysis) is 1. The Hall–Kier alpha value is -1.76. The highest BCUT2D eigenvalue weighted by atomic mass is 19.4. The second-order valence-electron chi connectivity index (χ2n) is 7.02. The van der Waals surface area contributed by atoms with Gasteiger partial charge in [0.1, 0.15) is 12.1 Å². The number of hydrogen-bond donors (Lipinski definition) is 2. The second-order valence-corrected chi connectivity index (χ2v) is 7.02. The van der Waals surface area contributed by atoms with Crippen molar-refractivity contribution in [3.63, 3.8) is 0 Å². The molecule has 0 bridgehead atoms. The van der Waals surface area contributed by atoms with Crippen molar-refractivity contribution in [3.8, 4) is 0 Å². The summed E-state index contributed by atoms with van der Waals surface area (Å²) in [6.07, 6.45) is -2.34. The van der Waals surface area contributed by atoms with Crippen molar-refractivity contribution in [1.29, 1.82) is 0 Å². The number of benzene rings is 1. The van der Waals surface area contributed by atoms with Gasteiger partial charge in [0.15, 0.2) is 0 Å². The summed E-state index contributed by atoms with van der Waals surface area (Å²) in [5.41, 5.74) is -1.01. The van der Waals surface area contributed by atoms with Gasteiger partial charge in [0, 0.05) is 12.1 Å². The largest absolute Gasteiger partial charge is 0.445 e. The van der Waals surface area contributed by atoms with Crippen LogP contribution in [0.1, 0.15) is 45.1 Å².